The van der Waals surface area contributed by atoms with Crippen molar-refractivity contribution in [3.63, 3.8) is 0 Å². The summed E-state index contributed by atoms with van der Waals surface area (Å²) in [6.45, 7) is 3.78. The monoisotopic (exact) mass is 422 g/mol. The molecule has 3 rings (SSSR count). The zero-order valence-corrected chi connectivity index (χ0v) is 16.9. The average molecular weight is 423 g/mol. The summed E-state index contributed by atoms with van der Waals surface area (Å²) in [4.78, 5) is 19.8. The van der Waals surface area contributed by atoms with Gasteiger partial charge in [-0.3, -0.25) is 4.79 Å². The summed E-state index contributed by atoms with van der Waals surface area (Å²) in [6.07, 6.45) is 2.32. The lowest BCUT2D eigenvalue weighted by Crippen LogP contribution is -2.14. The lowest BCUT2D eigenvalue weighted by Gasteiger charge is -2.09. The van der Waals surface area contributed by atoms with Gasteiger partial charge < -0.3 is 10.1 Å². The highest BCUT2D eigenvalue weighted by atomic mass is 35.5. The number of hydrogen-bond donors (Lipinski definition) is 1. The number of carbonyl (C=O) groups is 1. The topological polar surface area (TPSA) is 87.9 Å². The first kappa shape index (κ1) is 21.0. The van der Waals surface area contributed by atoms with Crippen LogP contribution in [0.25, 0.3) is 6.08 Å². The van der Waals surface area contributed by atoms with Crippen LogP contribution in [0.2, 0.25) is 5.28 Å². The summed E-state index contributed by atoms with van der Waals surface area (Å²) in [7, 11) is 0. The molecule has 0 spiro atoms. The van der Waals surface area contributed by atoms with E-state index in [9.17, 15) is 14.4 Å². The Kier molecular flexibility index (Phi) is 6.40. The third kappa shape index (κ3) is 5.19. The highest BCUT2D eigenvalue weighted by Crippen LogP contribution is 2.25. The molecule has 1 amide bonds. The Morgan fingerprint density at radius 1 is 1.27 bits per heavy atom. The van der Waals surface area contributed by atoms with Crippen LogP contribution < -0.4 is 10.1 Å². The van der Waals surface area contributed by atoms with Crippen molar-refractivity contribution in [2.24, 2.45) is 0 Å². The molecular weight excluding hydrogens is 407 g/mol. The number of benzene rings is 2. The maximum atomic E-state index is 13.8. The molecule has 0 saturated heterocycles. The number of hydrogen-bond acceptors (Lipinski definition) is 5. The minimum atomic E-state index is -0.772. The van der Waals surface area contributed by atoms with Gasteiger partial charge in [-0.2, -0.15) is 14.6 Å². The summed E-state index contributed by atoms with van der Waals surface area (Å²) < 4.78 is 19.2. The van der Waals surface area contributed by atoms with E-state index < -0.39 is 11.7 Å². The van der Waals surface area contributed by atoms with Crippen LogP contribution in [0.3, 0.4) is 0 Å². The molecule has 1 N–H and O–H groups in total. The molecule has 0 fully saturated rings. The van der Waals surface area contributed by atoms with Gasteiger partial charge in [0.05, 0.1) is 6.20 Å². The molecule has 30 heavy (non-hydrogen) atoms. The highest BCUT2D eigenvalue weighted by molar-refractivity contribution is 6.28. The molecule has 1 heterocycles. The van der Waals surface area contributed by atoms with Gasteiger partial charge in [-0.15, -0.1) is 0 Å². The maximum absolute atomic E-state index is 13.8. The Morgan fingerprint density at radius 2 is 2.07 bits per heavy atom. The fourth-order valence-electron chi connectivity index (χ4n) is 2.56. The van der Waals surface area contributed by atoms with Crippen LogP contribution in [-0.4, -0.2) is 15.9 Å². The molecule has 0 radical (unpaired) electrons. The van der Waals surface area contributed by atoms with Crippen LogP contribution in [0.4, 0.5) is 10.1 Å². The molecule has 0 aliphatic heterocycles. The van der Waals surface area contributed by atoms with E-state index in [4.69, 9.17) is 16.3 Å². The number of amides is 1. The average Bonchev–Trinajstić information content (AvgIpc) is 2.72. The van der Waals surface area contributed by atoms with Gasteiger partial charge in [0.2, 0.25) is 11.1 Å². The fraction of sp³-hybridized carbons (Fsp3) is 0.0909. The predicted molar refractivity (Wildman–Crippen MR) is 112 cm³/mol. The second-order valence-corrected chi connectivity index (χ2v) is 6.75. The van der Waals surface area contributed by atoms with Crippen molar-refractivity contribution in [1.29, 1.82) is 5.26 Å². The Hall–Kier alpha value is -3.76. The van der Waals surface area contributed by atoms with Crippen LogP contribution in [0.15, 0.2) is 54.2 Å². The number of aromatic nitrogens is 2. The van der Waals surface area contributed by atoms with Gasteiger partial charge in [-0.25, -0.2) is 4.98 Å². The van der Waals surface area contributed by atoms with Crippen molar-refractivity contribution in [3.8, 4) is 17.7 Å². The molecule has 2 aromatic carbocycles. The van der Waals surface area contributed by atoms with E-state index in [0.29, 0.717) is 11.3 Å². The van der Waals surface area contributed by atoms with E-state index in [-0.39, 0.29) is 22.5 Å². The number of rotatable bonds is 5. The van der Waals surface area contributed by atoms with Gasteiger partial charge in [0.1, 0.15) is 17.4 Å². The summed E-state index contributed by atoms with van der Waals surface area (Å²) in [5.41, 5.74) is 2.92. The molecule has 0 unspecified atom stereocenters. The lowest BCUT2D eigenvalue weighted by atomic mass is 10.1. The maximum Gasteiger partial charge on any atom is 0.266 e. The Bertz CT molecular complexity index is 1190. The number of anilines is 1. The Morgan fingerprint density at radius 3 is 2.83 bits per heavy atom. The largest absolute Gasteiger partial charge is 0.436 e. The number of ether oxygens (including phenoxy) is 1. The fourth-order valence-corrected chi connectivity index (χ4v) is 2.68. The zero-order chi connectivity index (χ0) is 21.7. The Balaban J connectivity index is 1.83. The van der Waals surface area contributed by atoms with Crippen molar-refractivity contribution >= 4 is 29.3 Å². The second kappa shape index (κ2) is 9.16. The standard InChI is InChI=1S/C22H16ClFN4O2/c1-13-6-7-14(2)19(8-13)27-20(29)16(11-25)9-15-4-3-5-17(10-15)30-21-18(24)12-26-22(23)28-21/h3-10,12H,1-2H3,(H,27,29)/b16-9+. The van der Waals surface area contributed by atoms with Gasteiger partial charge in [-0.1, -0.05) is 24.3 Å². The van der Waals surface area contributed by atoms with Crippen LogP contribution in [0, 0.1) is 31.0 Å². The minimum Gasteiger partial charge on any atom is -0.436 e. The zero-order valence-electron chi connectivity index (χ0n) is 16.1. The molecule has 0 aliphatic carbocycles. The number of aryl methyl sites for hydroxylation is 2. The van der Waals surface area contributed by atoms with Crippen LogP contribution >= 0.6 is 11.6 Å². The van der Waals surface area contributed by atoms with E-state index in [1.54, 1.807) is 18.2 Å². The van der Waals surface area contributed by atoms with Crippen LogP contribution in [-0.2, 0) is 4.79 Å². The van der Waals surface area contributed by atoms with Gasteiger partial charge >= 0.3 is 0 Å². The summed E-state index contributed by atoms with van der Waals surface area (Å²) in [5, 5.41) is 12.0. The molecule has 6 nitrogen and oxygen atoms in total. The van der Waals surface area contributed by atoms with Crippen molar-refractivity contribution < 1.29 is 13.9 Å². The molecule has 1 aromatic heterocycles. The van der Waals surface area contributed by atoms with Gasteiger partial charge in [0.15, 0.2) is 0 Å². The number of nitriles is 1. The minimum absolute atomic E-state index is 0.0932. The first-order valence-electron chi connectivity index (χ1n) is 8.82. The smallest absolute Gasteiger partial charge is 0.266 e. The second-order valence-electron chi connectivity index (χ2n) is 6.41. The van der Waals surface area contributed by atoms with E-state index >= 15 is 0 Å². The number of nitrogens with zero attached hydrogens (tertiary/aromatic N) is 3. The van der Waals surface area contributed by atoms with Gasteiger partial charge in [0, 0.05) is 5.69 Å². The van der Waals surface area contributed by atoms with Gasteiger partial charge in [0.25, 0.3) is 11.8 Å². The van der Waals surface area contributed by atoms with Gasteiger partial charge in [-0.05, 0) is 66.4 Å². The molecule has 0 aliphatic rings. The van der Waals surface area contributed by atoms with E-state index in [2.05, 4.69) is 15.3 Å². The quantitative estimate of drug-likeness (QED) is 0.346. The van der Waals surface area contributed by atoms with E-state index in [1.807, 2.05) is 38.1 Å². The molecule has 3 aromatic rings. The lowest BCUT2D eigenvalue weighted by molar-refractivity contribution is -0.112. The number of carbonyl (C=O) groups excluding carboxylic acids is 1. The highest BCUT2D eigenvalue weighted by Gasteiger charge is 2.12. The molecule has 8 heteroatoms. The van der Waals surface area contributed by atoms with E-state index in [1.165, 1.54) is 12.1 Å². The first-order valence-corrected chi connectivity index (χ1v) is 9.20. The predicted octanol–water partition coefficient (Wildman–Crippen LogP) is 5.22. The van der Waals surface area contributed by atoms with Crippen LogP contribution in [0.5, 0.6) is 11.6 Å². The molecule has 0 saturated carbocycles. The first-order chi connectivity index (χ1) is 14.4. The molecular formula is C22H16ClFN4O2. The number of nitrogens with one attached hydrogen (secondary N) is 1. The van der Waals surface area contributed by atoms with Crippen LogP contribution in [0.1, 0.15) is 16.7 Å². The third-order valence-electron chi connectivity index (χ3n) is 4.07. The Labute approximate surface area is 177 Å². The van der Waals surface area contributed by atoms with Crippen molar-refractivity contribution in [1.82, 2.24) is 9.97 Å². The SMILES string of the molecule is Cc1ccc(C)c(NC(=O)/C(C#N)=C/c2cccc(Oc3nc(Cl)ncc3F)c2)c1. The summed E-state index contributed by atoms with van der Waals surface area (Å²) in [5.74, 6) is -1.38. The normalized spacial score (nSPS) is 11.0. The van der Waals surface area contributed by atoms with E-state index in [0.717, 1.165) is 17.3 Å². The molecule has 0 bridgehead atoms. The summed E-state index contributed by atoms with van der Waals surface area (Å²) >= 11 is 5.67. The molecule has 150 valence electrons. The van der Waals surface area contributed by atoms with Crippen molar-refractivity contribution in [3.05, 3.63) is 82.0 Å². The summed E-state index contributed by atoms with van der Waals surface area (Å²) in [6, 6.07) is 14.0. The van der Waals surface area contributed by atoms with Crippen molar-refractivity contribution in [2.45, 2.75) is 13.8 Å². The molecule has 0 atom stereocenters. The third-order valence-corrected chi connectivity index (χ3v) is 4.25. The number of halogens is 2. The van der Waals surface area contributed by atoms with Crippen molar-refractivity contribution in [2.75, 3.05) is 5.32 Å².